The lowest BCUT2D eigenvalue weighted by atomic mass is 10.0. The predicted molar refractivity (Wildman–Crippen MR) is 178 cm³/mol. The topological polar surface area (TPSA) is 96.0 Å². The Kier molecular flexibility index (Phi) is 10.7. The minimum Gasteiger partial charge on any atom is -0.495 e. The van der Waals surface area contributed by atoms with Gasteiger partial charge >= 0.3 is 0 Å². The van der Waals surface area contributed by atoms with Crippen molar-refractivity contribution in [3.63, 3.8) is 0 Å². The summed E-state index contributed by atoms with van der Waals surface area (Å²) in [5.74, 6) is -0.574. The third-order valence-electron chi connectivity index (χ3n) is 7.17. The molecule has 1 N–H and O–H groups in total. The molecule has 0 aliphatic heterocycles. The monoisotopic (exact) mass is 627 g/mol. The van der Waals surface area contributed by atoms with Crippen LogP contribution >= 0.6 is 0 Å². The van der Waals surface area contributed by atoms with Crippen molar-refractivity contribution in [2.45, 2.75) is 57.1 Å². The number of aryl methyl sites for hydroxylation is 1. The van der Waals surface area contributed by atoms with E-state index in [1.54, 1.807) is 42.5 Å². The molecule has 0 saturated carbocycles. The first-order chi connectivity index (χ1) is 21.4. The van der Waals surface area contributed by atoms with Gasteiger partial charge in [-0.1, -0.05) is 90.5 Å². The van der Waals surface area contributed by atoms with Crippen molar-refractivity contribution in [1.82, 2.24) is 10.2 Å². The van der Waals surface area contributed by atoms with Gasteiger partial charge in [-0.25, -0.2) is 8.42 Å². The fourth-order valence-corrected chi connectivity index (χ4v) is 6.53. The fourth-order valence-electron chi connectivity index (χ4n) is 5.08. The molecule has 236 valence electrons. The second-order valence-corrected chi connectivity index (χ2v) is 13.8. The van der Waals surface area contributed by atoms with Crippen molar-refractivity contribution in [2.24, 2.45) is 0 Å². The number of benzene rings is 4. The van der Waals surface area contributed by atoms with Crippen LogP contribution < -0.4 is 14.4 Å². The normalized spacial score (nSPS) is 12.2. The van der Waals surface area contributed by atoms with Crippen molar-refractivity contribution in [3.05, 3.63) is 126 Å². The number of sulfonamides is 1. The van der Waals surface area contributed by atoms with Gasteiger partial charge in [-0.2, -0.15) is 0 Å². The summed E-state index contributed by atoms with van der Waals surface area (Å²) >= 11 is 0. The van der Waals surface area contributed by atoms with Crippen molar-refractivity contribution >= 4 is 27.5 Å². The Balaban J connectivity index is 1.84. The second-order valence-electron chi connectivity index (χ2n) is 12.0. The fraction of sp³-hybridized carbons (Fsp3) is 0.278. The van der Waals surface area contributed by atoms with Gasteiger partial charge in [0.2, 0.25) is 11.8 Å². The lowest BCUT2D eigenvalue weighted by Crippen LogP contribution is -2.56. The summed E-state index contributed by atoms with van der Waals surface area (Å²) in [6.45, 7) is 7.14. The average molecular weight is 628 g/mol. The number of anilines is 1. The Morgan fingerprint density at radius 2 is 1.42 bits per heavy atom. The van der Waals surface area contributed by atoms with Gasteiger partial charge < -0.3 is 15.0 Å². The van der Waals surface area contributed by atoms with E-state index in [9.17, 15) is 18.0 Å². The molecular formula is C36H41N3O5S. The first kappa shape index (κ1) is 33.3. The van der Waals surface area contributed by atoms with E-state index in [0.29, 0.717) is 5.75 Å². The highest BCUT2D eigenvalue weighted by Gasteiger charge is 2.36. The molecule has 0 aromatic heterocycles. The molecule has 1 atom stereocenters. The van der Waals surface area contributed by atoms with Gasteiger partial charge in [-0.15, -0.1) is 0 Å². The zero-order valence-electron chi connectivity index (χ0n) is 26.4. The largest absolute Gasteiger partial charge is 0.495 e. The van der Waals surface area contributed by atoms with Crippen LogP contribution in [-0.2, 0) is 32.6 Å². The van der Waals surface area contributed by atoms with Gasteiger partial charge in [0.05, 0.1) is 17.7 Å². The smallest absolute Gasteiger partial charge is 0.264 e. The highest BCUT2D eigenvalue weighted by atomic mass is 32.2. The van der Waals surface area contributed by atoms with Crippen LogP contribution in [-0.4, -0.2) is 50.4 Å². The minimum atomic E-state index is -4.22. The summed E-state index contributed by atoms with van der Waals surface area (Å²) in [7, 11) is -2.77. The Hall–Kier alpha value is -4.63. The molecule has 0 fully saturated rings. The Morgan fingerprint density at radius 3 is 2.04 bits per heavy atom. The number of hydrogen-bond donors (Lipinski definition) is 1. The number of nitrogens with one attached hydrogen (secondary N) is 1. The predicted octanol–water partition coefficient (Wildman–Crippen LogP) is 5.75. The van der Waals surface area contributed by atoms with E-state index in [0.717, 1.165) is 21.0 Å². The van der Waals surface area contributed by atoms with Crippen molar-refractivity contribution in [1.29, 1.82) is 0 Å². The number of para-hydroxylation sites is 2. The third-order valence-corrected chi connectivity index (χ3v) is 8.94. The highest BCUT2D eigenvalue weighted by Crippen LogP contribution is 2.32. The number of ether oxygens (including phenoxy) is 1. The Bertz CT molecular complexity index is 1700. The molecule has 4 rings (SSSR count). The molecular weight excluding hydrogens is 586 g/mol. The number of carbonyl (C=O) groups excluding carboxylic acids is 2. The van der Waals surface area contributed by atoms with Gasteiger partial charge in [0.25, 0.3) is 10.0 Å². The summed E-state index contributed by atoms with van der Waals surface area (Å²) in [6, 6.07) is 30.9. The van der Waals surface area contributed by atoms with Gasteiger partial charge in [-0.3, -0.25) is 13.9 Å². The van der Waals surface area contributed by atoms with E-state index in [2.05, 4.69) is 5.32 Å². The summed E-state index contributed by atoms with van der Waals surface area (Å²) in [5.41, 5.74) is 2.34. The molecule has 0 radical (unpaired) electrons. The van der Waals surface area contributed by atoms with Gasteiger partial charge in [0.1, 0.15) is 18.3 Å². The van der Waals surface area contributed by atoms with Crippen LogP contribution in [0.15, 0.2) is 114 Å². The Labute approximate surface area is 266 Å². The lowest BCUT2D eigenvalue weighted by molar-refractivity contribution is -0.140. The summed E-state index contributed by atoms with van der Waals surface area (Å²) in [5, 5.41) is 3.05. The van der Waals surface area contributed by atoms with Crippen LogP contribution in [0.5, 0.6) is 5.75 Å². The van der Waals surface area contributed by atoms with Crippen LogP contribution in [0.3, 0.4) is 0 Å². The molecule has 8 nitrogen and oxygen atoms in total. The Morgan fingerprint density at radius 1 is 0.822 bits per heavy atom. The van der Waals surface area contributed by atoms with Crippen molar-refractivity contribution < 1.29 is 22.7 Å². The number of carbonyl (C=O) groups is 2. The van der Waals surface area contributed by atoms with Crippen LogP contribution in [0, 0.1) is 6.92 Å². The van der Waals surface area contributed by atoms with E-state index in [-0.39, 0.29) is 29.5 Å². The average Bonchev–Trinajstić information content (AvgIpc) is 3.01. The maximum atomic E-state index is 14.6. The second kappa shape index (κ2) is 14.4. The number of hydrogen-bond acceptors (Lipinski definition) is 5. The molecule has 2 amide bonds. The molecule has 4 aromatic carbocycles. The van der Waals surface area contributed by atoms with E-state index < -0.39 is 34.1 Å². The quantitative estimate of drug-likeness (QED) is 0.216. The van der Waals surface area contributed by atoms with Crippen molar-refractivity contribution in [2.75, 3.05) is 18.0 Å². The van der Waals surface area contributed by atoms with E-state index in [1.807, 2.05) is 82.3 Å². The molecule has 0 aliphatic rings. The molecule has 0 saturated heterocycles. The zero-order chi connectivity index (χ0) is 32.6. The maximum Gasteiger partial charge on any atom is 0.264 e. The summed E-state index contributed by atoms with van der Waals surface area (Å²) < 4.78 is 34.9. The minimum absolute atomic E-state index is 0.0280. The number of rotatable bonds is 12. The molecule has 45 heavy (non-hydrogen) atoms. The molecule has 4 aromatic rings. The molecule has 9 heteroatoms. The van der Waals surface area contributed by atoms with Crippen LogP contribution in [0.25, 0.3) is 0 Å². The highest BCUT2D eigenvalue weighted by molar-refractivity contribution is 7.92. The summed E-state index contributed by atoms with van der Waals surface area (Å²) in [4.78, 5) is 30.1. The van der Waals surface area contributed by atoms with Crippen LogP contribution in [0.2, 0.25) is 0 Å². The first-order valence-corrected chi connectivity index (χ1v) is 16.2. The molecule has 0 unspecified atom stereocenters. The van der Waals surface area contributed by atoms with E-state index in [1.165, 1.54) is 24.1 Å². The maximum absolute atomic E-state index is 14.6. The summed E-state index contributed by atoms with van der Waals surface area (Å²) in [6.07, 6.45) is 0.237. The number of amides is 2. The SMILES string of the molecule is COc1ccccc1N(CC(=O)N(Cc1cccc(C)c1)[C@H](Cc1ccccc1)C(=O)NC(C)(C)C)S(=O)(=O)c1ccccc1. The molecule has 0 heterocycles. The number of methoxy groups -OCH3 is 1. The first-order valence-electron chi connectivity index (χ1n) is 14.8. The lowest BCUT2D eigenvalue weighted by Gasteiger charge is -2.35. The van der Waals surface area contributed by atoms with E-state index in [4.69, 9.17) is 4.74 Å². The van der Waals surface area contributed by atoms with Crippen molar-refractivity contribution in [3.8, 4) is 5.75 Å². The van der Waals surface area contributed by atoms with Crippen LogP contribution in [0.4, 0.5) is 5.69 Å². The molecule has 0 bridgehead atoms. The number of nitrogens with zero attached hydrogens (tertiary/aromatic N) is 2. The van der Waals surface area contributed by atoms with Gasteiger partial charge in [-0.05, 0) is 63.1 Å². The molecule has 0 spiro atoms. The molecule has 0 aliphatic carbocycles. The van der Waals surface area contributed by atoms with E-state index >= 15 is 0 Å². The van der Waals surface area contributed by atoms with Crippen LogP contribution in [0.1, 0.15) is 37.5 Å². The third kappa shape index (κ3) is 8.73. The standard InChI is InChI=1S/C36H41N3O5S/c1-27-15-14-18-29(23-27)25-38(32(35(41)37-36(2,3)4)24-28-16-8-6-9-17-28)34(40)26-39(31-21-12-13-22-33(31)44-5)45(42,43)30-19-10-7-11-20-30/h6-23,32H,24-26H2,1-5H3,(H,37,41)/t32-/m1/s1. The zero-order valence-corrected chi connectivity index (χ0v) is 27.3. The van der Waals surface area contributed by atoms with Gasteiger partial charge in [0.15, 0.2) is 0 Å². The van der Waals surface area contributed by atoms with Gasteiger partial charge in [0, 0.05) is 18.5 Å².